The lowest BCUT2D eigenvalue weighted by atomic mass is 10.1. The summed E-state index contributed by atoms with van der Waals surface area (Å²) in [4.78, 5) is 2.56. The molecule has 0 spiro atoms. The van der Waals surface area contributed by atoms with Crippen LogP contribution in [0.2, 0.25) is 0 Å². The number of rotatable bonds is 3. The maximum absolute atomic E-state index is 9.15. The van der Waals surface area contributed by atoms with Crippen LogP contribution in [0.1, 0.15) is 11.6 Å². The van der Waals surface area contributed by atoms with E-state index in [9.17, 15) is 0 Å². The Morgan fingerprint density at radius 3 is 2.57 bits per heavy atom. The van der Waals surface area contributed by atoms with Gasteiger partial charge in [0.1, 0.15) is 0 Å². The van der Waals surface area contributed by atoms with Gasteiger partial charge in [0.2, 0.25) is 0 Å². The number of hydrogen-bond acceptors (Lipinski definition) is 4. The standard InChI is InChI=1S/C8H9N3O3/c9-11-10-6(4-12)5-1-2-7(13)8(14)3-5/h1-3,6,12-14H,4H2. The molecule has 0 saturated carbocycles. The molecule has 0 saturated heterocycles. The lowest BCUT2D eigenvalue weighted by Crippen LogP contribution is -1.99. The molecule has 1 aromatic rings. The minimum atomic E-state index is -0.744. The van der Waals surface area contributed by atoms with Crippen molar-refractivity contribution in [3.8, 4) is 11.5 Å². The number of nitrogens with zero attached hydrogens (tertiary/aromatic N) is 3. The van der Waals surface area contributed by atoms with Crippen molar-refractivity contribution in [3.05, 3.63) is 34.2 Å². The number of hydrogen-bond donors (Lipinski definition) is 3. The van der Waals surface area contributed by atoms with Crippen molar-refractivity contribution >= 4 is 0 Å². The van der Waals surface area contributed by atoms with Crippen molar-refractivity contribution in [3.63, 3.8) is 0 Å². The first kappa shape index (κ1) is 10.2. The predicted octanol–water partition coefficient (Wildman–Crippen LogP) is 1.44. The van der Waals surface area contributed by atoms with Gasteiger partial charge in [-0.1, -0.05) is 11.2 Å². The van der Waals surface area contributed by atoms with Gasteiger partial charge in [-0.25, -0.2) is 0 Å². The normalized spacial score (nSPS) is 11.8. The summed E-state index contributed by atoms with van der Waals surface area (Å²) in [5.74, 6) is -0.569. The van der Waals surface area contributed by atoms with Crippen LogP contribution in [0.5, 0.6) is 11.5 Å². The highest BCUT2D eigenvalue weighted by molar-refractivity contribution is 5.41. The van der Waals surface area contributed by atoms with Gasteiger partial charge in [-0.05, 0) is 23.2 Å². The number of phenols is 2. The lowest BCUT2D eigenvalue weighted by molar-refractivity contribution is 0.267. The highest BCUT2D eigenvalue weighted by atomic mass is 16.3. The van der Waals surface area contributed by atoms with Crippen LogP contribution in [0.25, 0.3) is 10.4 Å². The van der Waals surface area contributed by atoms with Crippen LogP contribution >= 0.6 is 0 Å². The van der Waals surface area contributed by atoms with E-state index in [4.69, 9.17) is 20.9 Å². The van der Waals surface area contributed by atoms with Gasteiger partial charge in [0.05, 0.1) is 12.6 Å². The second kappa shape index (κ2) is 4.36. The minimum absolute atomic E-state index is 0.258. The van der Waals surface area contributed by atoms with Crippen LogP contribution < -0.4 is 0 Å². The monoisotopic (exact) mass is 195 g/mol. The second-order valence-corrected chi connectivity index (χ2v) is 2.65. The van der Waals surface area contributed by atoms with Crippen molar-refractivity contribution in [2.75, 3.05) is 6.61 Å². The minimum Gasteiger partial charge on any atom is -0.504 e. The molecule has 0 heterocycles. The SMILES string of the molecule is [N-]=[N+]=NC(CO)c1ccc(O)c(O)c1. The molecule has 0 amide bonds. The second-order valence-electron chi connectivity index (χ2n) is 2.65. The van der Waals surface area contributed by atoms with E-state index < -0.39 is 6.04 Å². The van der Waals surface area contributed by atoms with Crippen LogP contribution in [0, 0.1) is 0 Å². The Kier molecular flexibility index (Phi) is 3.17. The maximum Gasteiger partial charge on any atom is 0.157 e. The van der Waals surface area contributed by atoms with E-state index in [0.717, 1.165) is 0 Å². The molecule has 0 radical (unpaired) electrons. The molecule has 1 unspecified atom stereocenters. The van der Waals surface area contributed by atoms with Crippen LogP contribution in [0.3, 0.4) is 0 Å². The first-order chi connectivity index (χ1) is 6.69. The number of azide groups is 1. The zero-order valence-electron chi connectivity index (χ0n) is 7.20. The third-order valence-electron chi connectivity index (χ3n) is 1.75. The smallest absolute Gasteiger partial charge is 0.157 e. The number of phenolic OH excluding ortho intramolecular Hbond substituents is 2. The van der Waals surface area contributed by atoms with Crippen molar-refractivity contribution in [1.29, 1.82) is 0 Å². The van der Waals surface area contributed by atoms with Crippen molar-refractivity contribution in [1.82, 2.24) is 0 Å². The van der Waals surface area contributed by atoms with Crippen LogP contribution in [0.15, 0.2) is 23.3 Å². The molecule has 0 aromatic heterocycles. The van der Waals surface area contributed by atoms with Gasteiger partial charge < -0.3 is 15.3 Å². The van der Waals surface area contributed by atoms with Crippen molar-refractivity contribution in [2.24, 2.45) is 5.11 Å². The third-order valence-corrected chi connectivity index (χ3v) is 1.75. The van der Waals surface area contributed by atoms with Crippen LogP contribution in [-0.2, 0) is 0 Å². The van der Waals surface area contributed by atoms with Crippen molar-refractivity contribution in [2.45, 2.75) is 6.04 Å². The quantitative estimate of drug-likeness (QED) is 0.293. The van der Waals surface area contributed by atoms with Gasteiger partial charge in [-0.3, -0.25) is 0 Å². The highest BCUT2D eigenvalue weighted by Crippen LogP contribution is 2.28. The summed E-state index contributed by atoms with van der Waals surface area (Å²) in [6, 6.07) is 3.22. The fourth-order valence-electron chi connectivity index (χ4n) is 1.02. The Balaban J connectivity index is 3.05. The molecule has 1 atom stereocenters. The number of benzene rings is 1. The van der Waals surface area contributed by atoms with E-state index in [1.165, 1.54) is 18.2 Å². The largest absolute Gasteiger partial charge is 0.504 e. The summed E-state index contributed by atoms with van der Waals surface area (Å²) in [6.07, 6.45) is 0. The summed E-state index contributed by atoms with van der Waals surface area (Å²) in [5.41, 5.74) is 8.63. The Morgan fingerprint density at radius 2 is 2.07 bits per heavy atom. The average molecular weight is 195 g/mol. The van der Waals surface area contributed by atoms with Crippen LogP contribution in [0.4, 0.5) is 0 Å². The Labute approximate surface area is 79.7 Å². The highest BCUT2D eigenvalue weighted by Gasteiger charge is 2.10. The van der Waals surface area contributed by atoms with Crippen LogP contribution in [-0.4, -0.2) is 21.9 Å². The molecule has 1 rings (SSSR count). The Bertz CT molecular complexity index is 374. The summed E-state index contributed by atoms with van der Waals surface area (Å²) in [5, 5.41) is 30.3. The molecule has 6 nitrogen and oxygen atoms in total. The molecule has 0 fully saturated rings. The zero-order valence-corrected chi connectivity index (χ0v) is 7.20. The van der Waals surface area contributed by atoms with Crippen molar-refractivity contribution < 1.29 is 15.3 Å². The molecule has 6 heteroatoms. The Morgan fingerprint density at radius 1 is 1.36 bits per heavy atom. The molecule has 0 aliphatic heterocycles. The summed E-state index contributed by atoms with van der Waals surface area (Å²) < 4.78 is 0. The molecular weight excluding hydrogens is 186 g/mol. The van der Waals surface area contributed by atoms with E-state index in [-0.39, 0.29) is 18.1 Å². The summed E-state index contributed by atoms with van der Waals surface area (Å²) in [7, 11) is 0. The zero-order chi connectivity index (χ0) is 10.6. The van der Waals surface area contributed by atoms with Gasteiger partial charge in [-0.15, -0.1) is 0 Å². The molecule has 0 bridgehead atoms. The van der Waals surface area contributed by atoms with E-state index in [1.54, 1.807) is 0 Å². The van der Waals surface area contributed by atoms with Gasteiger partial charge in [0.15, 0.2) is 11.5 Å². The van der Waals surface area contributed by atoms with E-state index in [1.807, 2.05) is 0 Å². The Hall–Kier alpha value is -1.91. The average Bonchev–Trinajstić information content (AvgIpc) is 2.19. The third kappa shape index (κ3) is 2.07. The summed E-state index contributed by atoms with van der Waals surface area (Å²) >= 11 is 0. The predicted molar refractivity (Wildman–Crippen MR) is 48.7 cm³/mol. The molecule has 74 valence electrons. The molecule has 0 aliphatic carbocycles. The molecule has 14 heavy (non-hydrogen) atoms. The van der Waals surface area contributed by atoms with E-state index in [0.29, 0.717) is 5.56 Å². The number of aromatic hydroxyl groups is 2. The van der Waals surface area contributed by atoms with Gasteiger partial charge >= 0.3 is 0 Å². The first-order valence-corrected chi connectivity index (χ1v) is 3.86. The number of aliphatic hydroxyl groups excluding tert-OH is 1. The summed E-state index contributed by atoms with van der Waals surface area (Å²) in [6.45, 7) is -0.353. The fraction of sp³-hybridized carbons (Fsp3) is 0.250. The maximum atomic E-state index is 9.15. The van der Waals surface area contributed by atoms with E-state index in [2.05, 4.69) is 10.0 Å². The van der Waals surface area contributed by atoms with Gasteiger partial charge in [-0.2, -0.15) is 0 Å². The molecule has 1 aromatic carbocycles. The molecular formula is C8H9N3O3. The topological polar surface area (TPSA) is 109 Å². The first-order valence-electron chi connectivity index (χ1n) is 3.86. The number of aliphatic hydroxyl groups is 1. The van der Waals surface area contributed by atoms with Gasteiger partial charge in [0.25, 0.3) is 0 Å². The lowest BCUT2D eigenvalue weighted by Gasteiger charge is -2.08. The van der Waals surface area contributed by atoms with Gasteiger partial charge in [0, 0.05) is 4.91 Å². The molecule has 3 N–H and O–H groups in total. The fourth-order valence-corrected chi connectivity index (χ4v) is 1.02. The molecule has 0 aliphatic rings. The van der Waals surface area contributed by atoms with E-state index >= 15 is 0 Å².